The van der Waals surface area contributed by atoms with Gasteiger partial charge in [0.15, 0.2) is 0 Å². The van der Waals surface area contributed by atoms with Gasteiger partial charge >= 0.3 is 0 Å². The molecule has 0 saturated carbocycles. The number of amides is 1. The number of fused-ring (bicyclic) bond motifs is 3. The van der Waals surface area contributed by atoms with Crippen LogP contribution in [-0.2, 0) is 36.2 Å². The molecule has 0 unspecified atom stereocenters. The van der Waals surface area contributed by atoms with Crippen molar-refractivity contribution in [3.05, 3.63) is 76.6 Å². The lowest BCUT2D eigenvalue weighted by Gasteiger charge is -2.27. The molecule has 142 valence electrons. The highest BCUT2D eigenvalue weighted by atomic mass is 16.5. The number of carbonyl (C=O) groups excluding carboxylic acids is 1. The van der Waals surface area contributed by atoms with E-state index in [0.29, 0.717) is 19.8 Å². The molecule has 3 aromatic rings. The van der Waals surface area contributed by atoms with Gasteiger partial charge in [0.25, 0.3) is 0 Å². The van der Waals surface area contributed by atoms with E-state index in [1.54, 1.807) is 0 Å². The van der Waals surface area contributed by atoms with Gasteiger partial charge in [-0.05, 0) is 12.1 Å². The van der Waals surface area contributed by atoms with Gasteiger partial charge in [-0.3, -0.25) is 9.48 Å². The van der Waals surface area contributed by atoms with Crippen LogP contribution in [0.3, 0.4) is 0 Å². The van der Waals surface area contributed by atoms with Crippen molar-refractivity contribution in [2.45, 2.75) is 25.5 Å². The standard InChI is InChI=1S/C22H21N3O3/c1-25-18-10-11-27-13-16(18)17(24-25)12-23-22(26)21-14-6-2-4-8-19(14)28-20-9-5-3-7-15(20)21/h2-9,21H,10-13H2,1H3,(H,23,26). The van der Waals surface area contributed by atoms with Crippen molar-refractivity contribution in [1.82, 2.24) is 15.1 Å². The van der Waals surface area contributed by atoms with Gasteiger partial charge < -0.3 is 14.8 Å². The molecule has 3 heterocycles. The zero-order valence-electron chi connectivity index (χ0n) is 15.6. The largest absolute Gasteiger partial charge is 0.457 e. The molecule has 0 spiro atoms. The van der Waals surface area contributed by atoms with Crippen LogP contribution in [0.15, 0.2) is 48.5 Å². The first kappa shape index (κ1) is 17.0. The van der Waals surface area contributed by atoms with Gasteiger partial charge in [-0.2, -0.15) is 5.10 Å². The fourth-order valence-electron chi connectivity index (χ4n) is 4.09. The molecule has 0 aliphatic carbocycles. The topological polar surface area (TPSA) is 65.4 Å². The number of rotatable bonds is 3. The van der Waals surface area contributed by atoms with Crippen LogP contribution in [0.4, 0.5) is 0 Å². The fraction of sp³-hybridized carbons (Fsp3) is 0.273. The summed E-state index contributed by atoms with van der Waals surface area (Å²) < 4.78 is 13.5. The van der Waals surface area contributed by atoms with Crippen LogP contribution < -0.4 is 10.1 Å². The normalized spacial score (nSPS) is 15.2. The van der Waals surface area contributed by atoms with E-state index in [2.05, 4.69) is 10.4 Å². The molecule has 1 N–H and O–H groups in total. The number of ether oxygens (including phenoxy) is 2. The minimum absolute atomic E-state index is 0.0562. The predicted molar refractivity (Wildman–Crippen MR) is 103 cm³/mol. The van der Waals surface area contributed by atoms with Gasteiger partial charge in [0.05, 0.1) is 31.4 Å². The Morgan fingerprint density at radius 1 is 1.14 bits per heavy atom. The fourth-order valence-corrected chi connectivity index (χ4v) is 4.09. The number of nitrogens with one attached hydrogen (secondary N) is 1. The molecule has 0 radical (unpaired) electrons. The summed E-state index contributed by atoms with van der Waals surface area (Å²) in [6.07, 6.45) is 0.855. The summed E-state index contributed by atoms with van der Waals surface area (Å²) in [7, 11) is 1.94. The van der Waals surface area contributed by atoms with Crippen molar-refractivity contribution in [3.8, 4) is 11.5 Å². The van der Waals surface area contributed by atoms with E-state index in [1.165, 1.54) is 5.69 Å². The number of benzene rings is 2. The van der Waals surface area contributed by atoms with E-state index in [-0.39, 0.29) is 5.91 Å². The molecule has 0 bridgehead atoms. The van der Waals surface area contributed by atoms with Crippen LogP contribution in [0.2, 0.25) is 0 Å². The smallest absolute Gasteiger partial charge is 0.232 e. The second kappa shape index (κ2) is 6.80. The van der Waals surface area contributed by atoms with E-state index in [9.17, 15) is 4.79 Å². The SMILES string of the molecule is Cn1nc(CNC(=O)C2c3ccccc3Oc3ccccc32)c2c1CCOC2. The van der Waals surface area contributed by atoms with E-state index in [0.717, 1.165) is 40.3 Å². The number of hydrogen-bond acceptors (Lipinski definition) is 4. The highest BCUT2D eigenvalue weighted by molar-refractivity contribution is 5.89. The summed E-state index contributed by atoms with van der Waals surface area (Å²) in [4.78, 5) is 13.2. The van der Waals surface area contributed by atoms with Crippen molar-refractivity contribution in [1.29, 1.82) is 0 Å². The first-order valence-electron chi connectivity index (χ1n) is 9.47. The monoisotopic (exact) mass is 375 g/mol. The minimum Gasteiger partial charge on any atom is -0.457 e. The third-order valence-electron chi connectivity index (χ3n) is 5.46. The Hall–Kier alpha value is -3.12. The minimum atomic E-state index is -0.406. The molecular formula is C22H21N3O3. The number of nitrogens with zero attached hydrogens (tertiary/aromatic N) is 2. The van der Waals surface area contributed by atoms with Gasteiger partial charge in [0, 0.05) is 35.9 Å². The summed E-state index contributed by atoms with van der Waals surface area (Å²) in [6.45, 7) is 1.65. The van der Waals surface area contributed by atoms with Crippen molar-refractivity contribution < 1.29 is 14.3 Å². The maximum absolute atomic E-state index is 13.2. The number of aryl methyl sites for hydroxylation is 1. The molecule has 2 aliphatic rings. The van der Waals surface area contributed by atoms with Crippen LogP contribution in [-0.4, -0.2) is 22.3 Å². The van der Waals surface area contributed by atoms with Crippen molar-refractivity contribution in [3.63, 3.8) is 0 Å². The molecule has 0 fully saturated rings. The summed E-state index contributed by atoms with van der Waals surface area (Å²) in [5, 5.41) is 7.68. The number of carbonyl (C=O) groups is 1. The molecule has 28 heavy (non-hydrogen) atoms. The lowest BCUT2D eigenvalue weighted by Crippen LogP contribution is -2.31. The van der Waals surface area contributed by atoms with Gasteiger partial charge in [-0.15, -0.1) is 0 Å². The Kier molecular flexibility index (Phi) is 4.13. The third-order valence-corrected chi connectivity index (χ3v) is 5.46. The Morgan fingerprint density at radius 3 is 2.54 bits per heavy atom. The first-order valence-corrected chi connectivity index (χ1v) is 9.47. The lowest BCUT2D eigenvalue weighted by molar-refractivity contribution is -0.122. The molecule has 0 atom stereocenters. The summed E-state index contributed by atoms with van der Waals surface area (Å²) in [6, 6.07) is 15.4. The summed E-state index contributed by atoms with van der Waals surface area (Å²) in [5.74, 6) is 0.992. The van der Waals surface area contributed by atoms with Gasteiger partial charge in [-0.1, -0.05) is 36.4 Å². The second-order valence-corrected chi connectivity index (χ2v) is 7.13. The van der Waals surface area contributed by atoms with E-state index < -0.39 is 5.92 Å². The van der Waals surface area contributed by atoms with Crippen LogP contribution in [0.1, 0.15) is 34.0 Å². The van der Waals surface area contributed by atoms with Gasteiger partial charge in [0.1, 0.15) is 11.5 Å². The van der Waals surface area contributed by atoms with E-state index >= 15 is 0 Å². The van der Waals surface area contributed by atoms with Gasteiger partial charge in [0.2, 0.25) is 5.91 Å². The lowest BCUT2D eigenvalue weighted by atomic mass is 9.87. The Morgan fingerprint density at radius 2 is 1.82 bits per heavy atom. The maximum atomic E-state index is 13.2. The number of para-hydroxylation sites is 2. The molecule has 0 saturated heterocycles. The van der Waals surface area contributed by atoms with Crippen LogP contribution in [0, 0.1) is 0 Å². The third kappa shape index (κ3) is 2.77. The molecule has 2 aliphatic heterocycles. The van der Waals surface area contributed by atoms with E-state index in [1.807, 2.05) is 60.3 Å². The van der Waals surface area contributed by atoms with Crippen LogP contribution in [0.5, 0.6) is 11.5 Å². The maximum Gasteiger partial charge on any atom is 0.232 e. The summed E-state index contributed by atoms with van der Waals surface area (Å²) >= 11 is 0. The zero-order chi connectivity index (χ0) is 19.1. The molecule has 6 heteroatoms. The number of hydrogen-bond donors (Lipinski definition) is 1. The van der Waals surface area contributed by atoms with Crippen LogP contribution >= 0.6 is 0 Å². The number of aromatic nitrogens is 2. The zero-order valence-corrected chi connectivity index (χ0v) is 15.6. The van der Waals surface area contributed by atoms with Crippen LogP contribution in [0.25, 0.3) is 0 Å². The Bertz CT molecular complexity index is 1010. The van der Waals surface area contributed by atoms with E-state index in [4.69, 9.17) is 9.47 Å². The van der Waals surface area contributed by atoms with Gasteiger partial charge in [-0.25, -0.2) is 0 Å². The molecular weight excluding hydrogens is 354 g/mol. The average molecular weight is 375 g/mol. The molecule has 6 nitrogen and oxygen atoms in total. The second-order valence-electron chi connectivity index (χ2n) is 7.13. The highest BCUT2D eigenvalue weighted by Gasteiger charge is 2.32. The quantitative estimate of drug-likeness (QED) is 0.764. The molecule has 1 amide bonds. The molecule has 5 rings (SSSR count). The molecule has 1 aromatic heterocycles. The van der Waals surface area contributed by atoms with Crippen molar-refractivity contribution >= 4 is 5.91 Å². The highest BCUT2D eigenvalue weighted by Crippen LogP contribution is 2.43. The summed E-state index contributed by atoms with van der Waals surface area (Å²) in [5.41, 5.74) is 4.92. The predicted octanol–water partition coefficient (Wildman–Crippen LogP) is 3.05. The Balaban J connectivity index is 1.43. The molecule has 2 aromatic carbocycles. The average Bonchev–Trinajstić information content (AvgIpc) is 3.06. The first-order chi connectivity index (χ1) is 13.7. The van der Waals surface area contributed by atoms with Crippen molar-refractivity contribution in [2.24, 2.45) is 7.05 Å². The Labute approximate surface area is 163 Å². The van der Waals surface area contributed by atoms with Crippen molar-refractivity contribution in [2.75, 3.05) is 6.61 Å².